The molecule has 5 atom stereocenters. The number of aryl methyl sites for hydroxylation is 1. The van der Waals surface area contributed by atoms with Gasteiger partial charge in [-0.2, -0.15) is 0 Å². The van der Waals surface area contributed by atoms with Crippen LogP contribution in [0.3, 0.4) is 0 Å². The number of carbonyl (C=O) groups is 1. The van der Waals surface area contributed by atoms with Crippen LogP contribution in [0.5, 0.6) is 0 Å². The number of aromatic carboxylic acids is 1. The van der Waals surface area contributed by atoms with Crippen molar-refractivity contribution in [3.63, 3.8) is 0 Å². The summed E-state index contributed by atoms with van der Waals surface area (Å²) in [6, 6.07) is 15.0. The van der Waals surface area contributed by atoms with Gasteiger partial charge in [-0.25, -0.2) is 4.79 Å². The molecule has 0 unspecified atom stereocenters. The summed E-state index contributed by atoms with van der Waals surface area (Å²) in [5, 5.41) is 13.4. The Kier molecular flexibility index (Phi) is 3.59. The summed E-state index contributed by atoms with van der Waals surface area (Å²) in [4.78, 5) is 11.8. The van der Waals surface area contributed by atoms with Crippen LogP contribution in [-0.4, -0.2) is 11.1 Å². The van der Waals surface area contributed by atoms with Crippen molar-refractivity contribution in [2.24, 2.45) is 17.8 Å². The van der Waals surface area contributed by atoms with Crippen molar-refractivity contribution in [3.05, 3.63) is 64.7 Å². The molecule has 2 bridgehead atoms. The first-order valence-corrected chi connectivity index (χ1v) is 9.89. The van der Waals surface area contributed by atoms with E-state index in [0.717, 1.165) is 18.0 Å². The van der Waals surface area contributed by atoms with Crippen molar-refractivity contribution < 1.29 is 9.90 Å². The average Bonchev–Trinajstić information content (AvgIpc) is 3.29. The van der Waals surface area contributed by atoms with E-state index in [1.54, 1.807) is 6.07 Å². The molecule has 2 aliphatic carbocycles. The van der Waals surface area contributed by atoms with Gasteiger partial charge in [0, 0.05) is 0 Å². The summed E-state index contributed by atoms with van der Waals surface area (Å²) in [6.07, 6.45) is 4.97. The van der Waals surface area contributed by atoms with E-state index >= 15 is 0 Å². The third-order valence-corrected chi connectivity index (χ3v) is 7.10. The lowest BCUT2D eigenvalue weighted by Crippen LogP contribution is -2.36. The molecule has 3 heteroatoms. The highest BCUT2D eigenvalue weighted by Crippen LogP contribution is 2.63. The van der Waals surface area contributed by atoms with Gasteiger partial charge in [-0.3, -0.25) is 0 Å². The number of anilines is 1. The van der Waals surface area contributed by atoms with Crippen LogP contribution in [0, 0.1) is 17.8 Å². The maximum Gasteiger partial charge on any atom is 0.337 e. The molecule has 1 heterocycles. The maximum atomic E-state index is 11.8. The standard InChI is InChI=1S/C23H25NO2/c1-2-13-6-8-14(9-7-13)21-20-16-11-10-15(12-16)19(20)17-4-3-5-18(23(25)26)22(17)24-21/h3-9,15-16,19-21,24H,2,10-12H2,1H3,(H,25,26)/t15-,16+,19+,20+,21+/m0/s1. The van der Waals surface area contributed by atoms with Crippen LogP contribution in [0.15, 0.2) is 42.5 Å². The quantitative estimate of drug-likeness (QED) is 0.798. The molecule has 3 aliphatic rings. The van der Waals surface area contributed by atoms with Crippen LogP contribution in [0.1, 0.15) is 65.2 Å². The number of hydrogen-bond donors (Lipinski definition) is 2. The molecule has 2 fully saturated rings. The molecule has 0 radical (unpaired) electrons. The molecule has 26 heavy (non-hydrogen) atoms. The Hall–Kier alpha value is -2.29. The molecule has 2 saturated carbocycles. The molecular weight excluding hydrogens is 322 g/mol. The molecule has 134 valence electrons. The van der Waals surface area contributed by atoms with Crippen molar-refractivity contribution in [2.45, 2.75) is 44.6 Å². The fourth-order valence-electron chi connectivity index (χ4n) is 5.98. The normalized spacial score (nSPS) is 31.2. The number of hydrogen-bond acceptors (Lipinski definition) is 2. The SMILES string of the molecule is CCc1ccc([C@H]2Nc3c(C(=O)O)cccc3[C@H]3[C@H]4CC[C@H](C4)[C@H]32)cc1. The first kappa shape index (κ1) is 15.9. The summed E-state index contributed by atoms with van der Waals surface area (Å²) in [6.45, 7) is 2.18. The Morgan fingerprint density at radius 3 is 2.62 bits per heavy atom. The Labute approximate surface area is 154 Å². The second kappa shape index (κ2) is 5.87. The third kappa shape index (κ3) is 2.22. The van der Waals surface area contributed by atoms with Gasteiger partial charge in [-0.15, -0.1) is 0 Å². The Balaban J connectivity index is 1.64. The van der Waals surface area contributed by atoms with E-state index in [9.17, 15) is 9.90 Å². The minimum absolute atomic E-state index is 0.217. The van der Waals surface area contributed by atoms with Crippen molar-refractivity contribution in [1.82, 2.24) is 0 Å². The molecule has 5 rings (SSSR count). The number of fused-ring (bicyclic) bond motifs is 7. The number of carboxylic acid groups (broad SMARTS) is 1. The van der Waals surface area contributed by atoms with Gasteiger partial charge in [0.2, 0.25) is 0 Å². The average molecular weight is 347 g/mol. The number of rotatable bonds is 3. The zero-order chi connectivity index (χ0) is 17.8. The smallest absolute Gasteiger partial charge is 0.337 e. The van der Waals surface area contributed by atoms with Gasteiger partial charge in [-0.05, 0) is 72.1 Å². The molecule has 2 aromatic carbocycles. The summed E-state index contributed by atoms with van der Waals surface area (Å²) < 4.78 is 0. The molecule has 2 N–H and O–H groups in total. The van der Waals surface area contributed by atoms with Gasteiger partial charge in [-0.1, -0.05) is 43.3 Å². The van der Waals surface area contributed by atoms with Crippen molar-refractivity contribution in [1.29, 1.82) is 0 Å². The summed E-state index contributed by atoms with van der Waals surface area (Å²) in [5.74, 6) is 1.72. The van der Waals surface area contributed by atoms with Crippen molar-refractivity contribution in [2.75, 3.05) is 5.32 Å². The van der Waals surface area contributed by atoms with E-state index in [4.69, 9.17) is 0 Å². The fourth-order valence-corrected chi connectivity index (χ4v) is 5.98. The maximum absolute atomic E-state index is 11.8. The lowest BCUT2D eigenvalue weighted by Gasteiger charge is -2.44. The second-order valence-corrected chi connectivity index (χ2v) is 8.23. The highest BCUT2D eigenvalue weighted by molar-refractivity contribution is 5.95. The summed E-state index contributed by atoms with van der Waals surface area (Å²) in [7, 11) is 0. The van der Waals surface area contributed by atoms with Crippen LogP contribution < -0.4 is 5.32 Å². The van der Waals surface area contributed by atoms with Gasteiger partial charge in [0.15, 0.2) is 0 Å². The second-order valence-electron chi connectivity index (χ2n) is 8.23. The topological polar surface area (TPSA) is 49.3 Å². The molecule has 0 saturated heterocycles. The summed E-state index contributed by atoms with van der Waals surface area (Å²) in [5.41, 5.74) is 5.16. The minimum atomic E-state index is -0.837. The number of benzene rings is 2. The Morgan fingerprint density at radius 2 is 1.88 bits per heavy atom. The predicted molar refractivity (Wildman–Crippen MR) is 103 cm³/mol. The lowest BCUT2D eigenvalue weighted by atomic mass is 9.67. The minimum Gasteiger partial charge on any atom is -0.478 e. The van der Waals surface area contributed by atoms with Gasteiger partial charge >= 0.3 is 5.97 Å². The molecule has 0 spiro atoms. The molecule has 2 aromatic rings. The van der Waals surface area contributed by atoms with E-state index in [0.29, 0.717) is 23.3 Å². The Bertz CT molecular complexity index is 857. The van der Waals surface area contributed by atoms with E-state index in [-0.39, 0.29) is 6.04 Å². The van der Waals surface area contributed by atoms with Crippen LogP contribution >= 0.6 is 0 Å². The van der Waals surface area contributed by atoms with E-state index in [1.807, 2.05) is 6.07 Å². The van der Waals surface area contributed by atoms with Gasteiger partial charge < -0.3 is 10.4 Å². The van der Waals surface area contributed by atoms with E-state index in [2.05, 4.69) is 42.6 Å². The van der Waals surface area contributed by atoms with E-state index < -0.39 is 5.97 Å². The number of para-hydroxylation sites is 1. The van der Waals surface area contributed by atoms with Crippen LogP contribution in [0.25, 0.3) is 0 Å². The molecule has 3 nitrogen and oxygen atoms in total. The monoisotopic (exact) mass is 347 g/mol. The van der Waals surface area contributed by atoms with Crippen LogP contribution in [-0.2, 0) is 6.42 Å². The van der Waals surface area contributed by atoms with Crippen LogP contribution in [0.2, 0.25) is 0 Å². The Morgan fingerprint density at radius 1 is 1.12 bits per heavy atom. The zero-order valence-corrected chi connectivity index (χ0v) is 15.1. The summed E-state index contributed by atoms with van der Waals surface area (Å²) >= 11 is 0. The third-order valence-electron chi connectivity index (χ3n) is 7.10. The zero-order valence-electron chi connectivity index (χ0n) is 15.1. The predicted octanol–water partition coefficient (Wildman–Crippen LogP) is 5.24. The highest BCUT2D eigenvalue weighted by Gasteiger charge is 2.54. The molecule has 0 amide bonds. The highest BCUT2D eigenvalue weighted by atomic mass is 16.4. The van der Waals surface area contributed by atoms with Crippen molar-refractivity contribution >= 4 is 11.7 Å². The van der Waals surface area contributed by atoms with Gasteiger partial charge in [0.25, 0.3) is 0 Å². The largest absolute Gasteiger partial charge is 0.478 e. The lowest BCUT2D eigenvalue weighted by molar-refractivity contribution is 0.0697. The molecular formula is C23H25NO2. The number of nitrogens with one attached hydrogen (secondary N) is 1. The molecule has 1 aliphatic heterocycles. The van der Waals surface area contributed by atoms with Gasteiger partial charge in [0.05, 0.1) is 17.3 Å². The fraction of sp³-hybridized carbons (Fsp3) is 0.435. The molecule has 0 aromatic heterocycles. The number of carboxylic acids is 1. The van der Waals surface area contributed by atoms with Crippen molar-refractivity contribution in [3.8, 4) is 0 Å². The van der Waals surface area contributed by atoms with Gasteiger partial charge in [0.1, 0.15) is 0 Å². The van der Waals surface area contributed by atoms with E-state index in [1.165, 1.54) is 36.0 Å². The first-order chi connectivity index (χ1) is 12.7. The first-order valence-electron chi connectivity index (χ1n) is 9.89. The van der Waals surface area contributed by atoms with Crippen LogP contribution in [0.4, 0.5) is 5.69 Å².